The van der Waals surface area contributed by atoms with Crippen LogP contribution in [0.5, 0.6) is 0 Å². The molecule has 1 N–H and O–H groups in total. The highest BCUT2D eigenvalue weighted by Gasteiger charge is 2.12. The third-order valence-electron chi connectivity index (χ3n) is 3.18. The lowest BCUT2D eigenvalue weighted by molar-refractivity contribution is 0.0995. The Balaban J connectivity index is 2.41. The van der Waals surface area contributed by atoms with Gasteiger partial charge in [0.2, 0.25) is 0 Å². The molecule has 0 saturated heterocycles. The summed E-state index contributed by atoms with van der Waals surface area (Å²) in [6.07, 6.45) is 5.41. The minimum absolute atomic E-state index is 0.311. The van der Waals surface area contributed by atoms with Crippen molar-refractivity contribution in [1.82, 2.24) is 15.1 Å². The largest absolute Gasteiger partial charge is 0.382 e. The second kappa shape index (κ2) is 7.45. The molecule has 0 aliphatic rings. The molecule has 4 nitrogen and oxygen atoms in total. The maximum Gasteiger partial charge on any atom is 0.0558 e. The summed E-state index contributed by atoms with van der Waals surface area (Å²) in [5.74, 6) is 0. The Kier molecular flexibility index (Phi) is 6.22. The smallest absolute Gasteiger partial charge is 0.0558 e. The summed E-state index contributed by atoms with van der Waals surface area (Å²) >= 11 is 0. The number of aromatic nitrogens is 2. The fraction of sp³-hybridized carbons (Fsp3) is 0.769. The van der Waals surface area contributed by atoms with Crippen molar-refractivity contribution in [3.05, 3.63) is 18.0 Å². The number of aryl methyl sites for hydroxylation is 2. The van der Waals surface area contributed by atoms with Crippen LogP contribution in [0.2, 0.25) is 0 Å². The molecule has 0 fully saturated rings. The van der Waals surface area contributed by atoms with Crippen LogP contribution in [0.3, 0.4) is 0 Å². The summed E-state index contributed by atoms with van der Waals surface area (Å²) in [4.78, 5) is 0. The number of nitrogens with one attached hydrogen (secondary N) is 1. The van der Waals surface area contributed by atoms with Gasteiger partial charge in [-0.25, -0.2) is 0 Å². The highest BCUT2D eigenvalue weighted by Crippen LogP contribution is 2.09. The van der Waals surface area contributed by atoms with Crippen LogP contribution in [0.15, 0.2) is 12.3 Å². The summed E-state index contributed by atoms with van der Waals surface area (Å²) in [5, 5.41) is 7.71. The van der Waals surface area contributed by atoms with Crippen molar-refractivity contribution in [1.29, 1.82) is 0 Å². The van der Waals surface area contributed by atoms with Crippen molar-refractivity contribution in [2.75, 3.05) is 13.7 Å². The molecule has 0 aliphatic heterocycles. The molecule has 4 heteroatoms. The lowest BCUT2D eigenvalue weighted by Crippen LogP contribution is -2.33. The van der Waals surface area contributed by atoms with E-state index in [2.05, 4.69) is 30.3 Å². The van der Waals surface area contributed by atoms with E-state index in [0.717, 1.165) is 25.8 Å². The Bertz CT molecular complexity index is 311. The van der Waals surface area contributed by atoms with E-state index in [1.54, 1.807) is 7.11 Å². The van der Waals surface area contributed by atoms with E-state index in [1.807, 2.05) is 17.9 Å². The topological polar surface area (TPSA) is 39.1 Å². The van der Waals surface area contributed by atoms with E-state index in [1.165, 1.54) is 5.69 Å². The minimum atomic E-state index is 0.311. The normalized spacial score (nSPS) is 14.8. The molecule has 0 radical (unpaired) electrons. The van der Waals surface area contributed by atoms with Gasteiger partial charge in [-0.1, -0.05) is 6.92 Å². The van der Waals surface area contributed by atoms with Gasteiger partial charge < -0.3 is 10.1 Å². The lowest BCUT2D eigenvalue weighted by atomic mass is 10.0. The van der Waals surface area contributed by atoms with Crippen molar-refractivity contribution in [3.8, 4) is 0 Å². The van der Waals surface area contributed by atoms with E-state index >= 15 is 0 Å². The highest BCUT2D eigenvalue weighted by molar-refractivity contribution is 5.00. The number of hydrogen-bond acceptors (Lipinski definition) is 3. The average molecular weight is 239 g/mol. The SMILES string of the molecule is CCNC(CCc1ccnn1C)CC(C)OC. The van der Waals surface area contributed by atoms with Crippen molar-refractivity contribution in [2.24, 2.45) is 7.05 Å². The number of ether oxygens (including phenoxy) is 1. The molecular formula is C13H25N3O. The Morgan fingerprint density at radius 3 is 2.82 bits per heavy atom. The summed E-state index contributed by atoms with van der Waals surface area (Å²) in [7, 11) is 3.77. The molecule has 1 aromatic rings. The van der Waals surface area contributed by atoms with Gasteiger partial charge >= 0.3 is 0 Å². The zero-order valence-corrected chi connectivity index (χ0v) is 11.4. The minimum Gasteiger partial charge on any atom is -0.382 e. The number of hydrogen-bond donors (Lipinski definition) is 1. The van der Waals surface area contributed by atoms with E-state index in [0.29, 0.717) is 12.1 Å². The molecule has 0 spiro atoms. The van der Waals surface area contributed by atoms with E-state index < -0.39 is 0 Å². The maximum absolute atomic E-state index is 5.33. The summed E-state index contributed by atoms with van der Waals surface area (Å²) in [6, 6.07) is 2.60. The van der Waals surface area contributed by atoms with Gasteiger partial charge in [-0.3, -0.25) is 4.68 Å². The van der Waals surface area contributed by atoms with Gasteiger partial charge in [0, 0.05) is 32.1 Å². The standard InChI is InChI=1S/C13H25N3O/c1-5-14-12(10-11(2)17-4)6-7-13-8-9-15-16(13)3/h8-9,11-12,14H,5-7,10H2,1-4H3. The van der Waals surface area contributed by atoms with E-state index in [4.69, 9.17) is 4.74 Å². The first-order valence-corrected chi connectivity index (χ1v) is 6.40. The third kappa shape index (κ3) is 4.88. The predicted octanol–water partition coefficient (Wildman–Crippen LogP) is 1.76. The molecule has 17 heavy (non-hydrogen) atoms. The third-order valence-corrected chi connectivity index (χ3v) is 3.18. The van der Waals surface area contributed by atoms with Gasteiger partial charge in [0.15, 0.2) is 0 Å². The quantitative estimate of drug-likeness (QED) is 0.751. The van der Waals surface area contributed by atoms with Gasteiger partial charge in [0.25, 0.3) is 0 Å². The predicted molar refractivity (Wildman–Crippen MR) is 70.1 cm³/mol. The molecule has 1 rings (SSSR count). The molecule has 1 heterocycles. The zero-order valence-electron chi connectivity index (χ0n) is 11.4. The van der Waals surface area contributed by atoms with Crippen LogP contribution in [-0.4, -0.2) is 35.6 Å². The van der Waals surface area contributed by atoms with Gasteiger partial charge in [-0.2, -0.15) is 5.10 Å². The maximum atomic E-state index is 5.33. The number of methoxy groups -OCH3 is 1. The van der Waals surface area contributed by atoms with Crippen LogP contribution >= 0.6 is 0 Å². The van der Waals surface area contributed by atoms with Crippen LogP contribution in [-0.2, 0) is 18.2 Å². The Morgan fingerprint density at radius 2 is 2.29 bits per heavy atom. The lowest BCUT2D eigenvalue weighted by Gasteiger charge is -2.21. The van der Waals surface area contributed by atoms with Crippen molar-refractivity contribution < 1.29 is 4.74 Å². The molecule has 2 atom stereocenters. The molecule has 1 aromatic heterocycles. The molecule has 98 valence electrons. The van der Waals surface area contributed by atoms with Gasteiger partial charge in [0.1, 0.15) is 0 Å². The van der Waals surface area contributed by atoms with Crippen LogP contribution in [0.4, 0.5) is 0 Å². The fourth-order valence-electron chi connectivity index (χ4n) is 2.06. The molecule has 0 bridgehead atoms. The van der Waals surface area contributed by atoms with E-state index in [9.17, 15) is 0 Å². The van der Waals surface area contributed by atoms with Crippen molar-refractivity contribution >= 4 is 0 Å². The second-order valence-electron chi connectivity index (χ2n) is 4.52. The highest BCUT2D eigenvalue weighted by atomic mass is 16.5. The second-order valence-corrected chi connectivity index (χ2v) is 4.52. The first kappa shape index (κ1) is 14.2. The van der Waals surface area contributed by atoms with Gasteiger partial charge in [0.05, 0.1) is 6.10 Å². The molecule has 0 aromatic carbocycles. The van der Waals surface area contributed by atoms with Crippen LogP contribution < -0.4 is 5.32 Å². The summed E-state index contributed by atoms with van der Waals surface area (Å²) in [5.41, 5.74) is 1.29. The molecule has 0 amide bonds. The van der Waals surface area contributed by atoms with Gasteiger partial charge in [-0.15, -0.1) is 0 Å². The Hall–Kier alpha value is -0.870. The fourth-order valence-corrected chi connectivity index (χ4v) is 2.06. The number of nitrogens with zero attached hydrogens (tertiary/aromatic N) is 2. The molecule has 2 unspecified atom stereocenters. The average Bonchev–Trinajstić information content (AvgIpc) is 2.72. The van der Waals surface area contributed by atoms with Crippen LogP contribution in [0.25, 0.3) is 0 Å². The Labute approximate surface area is 104 Å². The monoisotopic (exact) mass is 239 g/mol. The van der Waals surface area contributed by atoms with Gasteiger partial charge in [-0.05, 0) is 38.8 Å². The molecule has 0 aliphatic carbocycles. The summed E-state index contributed by atoms with van der Waals surface area (Å²) < 4.78 is 7.28. The number of rotatable bonds is 8. The zero-order chi connectivity index (χ0) is 12.7. The first-order valence-electron chi connectivity index (χ1n) is 6.40. The first-order chi connectivity index (χ1) is 8.17. The molecule has 0 saturated carbocycles. The molecular weight excluding hydrogens is 214 g/mol. The van der Waals surface area contributed by atoms with Crippen molar-refractivity contribution in [3.63, 3.8) is 0 Å². The summed E-state index contributed by atoms with van der Waals surface area (Å²) in [6.45, 7) is 5.27. The van der Waals surface area contributed by atoms with E-state index in [-0.39, 0.29) is 0 Å². The van der Waals surface area contributed by atoms with Crippen molar-refractivity contribution in [2.45, 2.75) is 45.3 Å². The van der Waals surface area contributed by atoms with Crippen LogP contribution in [0.1, 0.15) is 32.4 Å². The van der Waals surface area contributed by atoms with Crippen LogP contribution in [0, 0.1) is 0 Å². The Morgan fingerprint density at radius 1 is 1.53 bits per heavy atom.